The third-order valence-electron chi connectivity index (χ3n) is 3.55. The molecular weight excluding hydrogens is 382 g/mol. The van der Waals surface area contributed by atoms with Gasteiger partial charge in [-0.25, -0.2) is 0 Å². The number of nitrogens with zero attached hydrogens (tertiary/aromatic N) is 1. The maximum atomic E-state index is 12.9. The molecule has 2 nitrogen and oxygen atoms in total. The van der Waals surface area contributed by atoms with Crippen LogP contribution in [0, 0.1) is 0 Å². The fraction of sp³-hybridized carbons (Fsp3) is 0.188. The average Bonchev–Trinajstić information content (AvgIpc) is 2.91. The Bertz CT molecular complexity index is 797. The second kappa shape index (κ2) is 6.50. The Balaban J connectivity index is 2.01. The first-order valence-corrected chi connectivity index (χ1v) is 8.64. The van der Waals surface area contributed by atoms with Crippen molar-refractivity contribution >= 4 is 46.6 Å². The highest BCUT2D eigenvalue weighted by Crippen LogP contribution is 2.44. The van der Waals surface area contributed by atoms with Gasteiger partial charge in [0.2, 0.25) is 5.91 Å². The molecule has 0 unspecified atom stereocenters. The largest absolute Gasteiger partial charge is 0.416 e. The predicted molar refractivity (Wildman–Crippen MR) is 90.6 cm³/mol. The first-order valence-electron chi connectivity index (χ1n) is 6.83. The summed E-state index contributed by atoms with van der Waals surface area (Å²) >= 11 is 13.1. The molecule has 126 valence electrons. The van der Waals surface area contributed by atoms with Gasteiger partial charge in [0.05, 0.1) is 21.4 Å². The van der Waals surface area contributed by atoms with Gasteiger partial charge in [-0.3, -0.25) is 9.69 Å². The summed E-state index contributed by atoms with van der Waals surface area (Å²) in [5.41, 5.74) is 0.169. The lowest BCUT2D eigenvalue weighted by molar-refractivity contribution is -0.137. The van der Waals surface area contributed by atoms with E-state index in [-0.39, 0.29) is 16.7 Å². The molecule has 1 aliphatic rings. The highest BCUT2D eigenvalue weighted by Gasteiger charge is 2.36. The van der Waals surface area contributed by atoms with Crippen LogP contribution in [0.25, 0.3) is 0 Å². The predicted octanol–water partition coefficient (Wildman–Crippen LogP) is 5.79. The molecule has 0 aliphatic carbocycles. The van der Waals surface area contributed by atoms with Crippen molar-refractivity contribution in [3.8, 4) is 0 Å². The Morgan fingerprint density at radius 2 is 1.83 bits per heavy atom. The first kappa shape index (κ1) is 17.5. The van der Waals surface area contributed by atoms with Gasteiger partial charge in [-0.2, -0.15) is 13.2 Å². The third-order valence-corrected chi connectivity index (χ3v) is 5.50. The zero-order valence-corrected chi connectivity index (χ0v) is 14.3. The minimum atomic E-state index is -4.43. The molecule has 2 aromatic carbocycles. The summed E-state index contributed by atoms with van der Waals surface area (Å²) in [7, 11) is 0. The second-order valence-electron chi connectivity index (χ2n) is 5.15. The van der Waals surface area contributed by atoms with Crippen LogP contribution in [0.5, 0.6) is 0 Å². The number of benzene rings is 2. The van der Waals surface area contributed by atoms with E-state index in [9.17, 15) is 18.0 Å². The van der Waals surface area contributed by atoms with Crippen molar-refractivity contribution in [1.29, 1.82) is 0 Å². The van der Waals surface area contributed by atoms with Crippen molar-refractivity contribution in [2.45, 2.75) is 11.6 Å². The number of halogens is 5. The molecule has 1 heterocycles. The van der Waals surface area contributed by atoms with Crippen molar-refractivity contribution in [2.24, 2.45) is 0 Å². The number of anilines is 1. The molecule has 1 fully saturated rings. The van der Waals surface area contributed by atoms with E-state index in [1.165, 1.54) is 28.8 Å². The summed E-state index contributed by atoms with van der Waals surface area (Å²) in [5, 5.41) is 0.0778. The SMILES string of the molecule is O=C1CS[C@H](c2cccc(C(F)(F)F)c2)N1c1ccc(Cl)c(Cl)c1. The molecule has 1 aliphatic heterocycles. The summed E-state index contributed by atoms with van der Waals surface area (Å²) in [5.74, 6) is -0.0120. The van der Waals surface area contributed by atoms with Gasteiger partial charge in [0.25, 0.3) is 0 Å². The van der Waals surface area contributed by atoms with Gasteiger partial charge in [0.15, 0.2) is 0 Å². The molecular formula is C16H10Cl2F3NOS. The number of rotatable bonds is 2. The van der Waals surface area contributed by atoms with Crippen LogP contribution in [0.15, 0.2) is 42.5 Å². The van der Waals surface area contributed by atoms with Gasteiger partial charge in [-0.1, -0.05) is 35.3 Å². The van der Waals surface area contributed by atoms with E-state index < -0.39 is 17.1 Å². The molecule has 24 heavy (non-hydrogen) atoms. The van der Waals surface area contributed by atoms with Crippen molar-refractivity contribution in [3.05, 3.63) is 63.6 Å². The van der Waals surface area contributed by atoms with Crippen LogP contribution in [0.2, 0.25) is 10.0 Å². The maximum absolute atomic E-state index is 12.9. The molecule has 0 bridgehead atoms. The van der Waals surface area contributed by atoms with Gasteiger partial charge in [0, 0.05) is 5.69 Å². The highest BCUT2D eigenvalue weighted by atomic mass is 35.5. The monoisotopic (exact) mass is 391 g/mol. The number of amides is 1. The summed E-state index contributed by atoms with van der Waals surface area (Å²) in [6.07, 6.45) is -4.43. The molecule has 0 saturated carbocycles. The fourth-order valence-corrected chi connectivity index (χ4v) is 3.91. The Hall–Kier alpha value is -1.37. The summed E-state index contributed by atoms with van der Waals surface area (Å²) in [4.78, 5) is 13.7. The molecule has 0 radical (unpaired) electrons. The molecule has 1 amide bonds. The normalized spacial score (nSPS) is 18.3. The fourth-order valence-electron chi connectivity index (χ4n) is 2.45. The van der Waals surface area contributed by atoms with Crippen molar-refractivity contribution in [2.75, 3.05) is 10.7 Å². The lowest BCUT2D eigenvalue weighted by atomic mass is 10.1. The average molecular weight is 392 g/mol. The maximum Gasteiger partial charge on any atom is 0.416 e. The first-order chi connectivity index (χ1) is 11.3. The molecule has 8 heteroatoms. The molecule has 1 atom stereocenters. The van der Waals surface area contributed by atoms with E-state index in [1.54, 1.807) is 18.2 Å². The second-order valence-corrected chi connectivity index (χ2v) is 7.03. The Morgan fingerprint density at radius 3 is 2.50 bits per heavy atom. The number of carbonyl (C=O) groups is 1. The lowest BCUT2D eigenvalue weighted by Crippen LogP contribution is -2.28. The van der Waals surface area contributed by atoms with E-state index in [2.05, 4.69) is 0 Å². The molecule has 0 spiro atoms. The Morgan fingerprint density at radius 1 is 1.08 bits per heavy atom. The third kappa shape index (κ3) is 3.36. The highest BCUT2D eigenvalue weighted by molar-refractivity contribution is 8.00. The number of hydrogen-bond donors (Lipinski definition) is 0. The van der Waals surface area contributed by atoms with Gasteiger partial charge >= 0.3 is 6.18 Å². The Labute approximate surface area is 150 Å². The summed E-state index contributed by atoms with van der Waals surface area (Å²) in [6.45, 7) is 0. The molecule has 3 rings (SSSR count). The zero-order valence-electron chi connectivity index (χ0n) is 12.0. The topological polar surface area (TPSA) is 20.3 Å². The standard InChI is InChI=1S/C16H10Cl2F3NOS/c17-12-5-4-11(7-13(12)18)22-14(23)8-24-15(22)9-2-1-3-10(6-9)16(19,20)21/h1-7,15H,8H2/t15-/m1/s1. The van der Waals surface area contributed by atoms with Gasteiger partial charge in [-0.05, 0) is 35.9 Å². The van der Waals surface area contributed by atoms with E-state index in [4.69, 9.17) is 23.2 Å². The molecule has 0 aromatic heterocycles. The van der Waals surface area contributed by atoms with Crippen LogP contribution in [0.4, 0.5) is 18.9 Å². The van der Waals surface area contributed by atoms with Crippen molar-refractivity contribution in [3.63, 3.8) is 0 Å². The van der Waals surface area contributed by atoms with Crippen LogP contribution < -0.4 is 4.90 Å². The van der Waals surface area contributed by atoms with E-state index in [0.29, 0.717) is 16.3 Å². The number of hydrogen-bond acceptors (Lipinski definition) is 2. The van der Waals surface area contributed by atoms with Gasteiger partial charge in [-0.15, -0.1) is 11.8 Å². The number of alkyl halides is 3. The minimum Gasteiger partial charge on any atom is -0.295 e. The lowest BCUT2D eigenvalue weighted by Gasteiger charge is -2.25. The minimum absolute atomic E-state index is 0.182. The van der Waals surface area contributed by atoms with Gasteiger partial charge in [0.1, 0.15) is 5.37 Å². The molecule has 1 saturated heterocycles. The summed E-state index contributed by atoms with van der Waals surface area (Å²) < 4.78 is 38.8. The van der Waals surface area contributed by atoms with Crippen LogP contribution in [-0.2, 0) is 11.0 Å². The number of thioether (sulfide) groups is 1. The van der Waals surface area contributed by atoms with E-state index in [1.807, 2.05) is 0 Å². The molecule has 0 N–H and O–H groups in total. The summed E-state index contributed by atoms with van der Waals surface area (Å²) in [6, 6.07) is 9.71. The van der Waals surface area contributed by atoms with Crippen molar-refractivity contribution in [1.82, 2.24) is 0 Å². The van der Waals surface area contributed by atoms with Crippen LogP contribution in [0.3, 0.4) is 0 Å². The smallest absolute Gasteiger partial charge is 0.295 e. The van der Waals surface area contributed by atoms with Crippen molar-refractivity contribution < 1.29 is 18.0 Å². The van der Waals surface area contributed by atoms with Crippen LogP contribution in [0.1, 0.15) is 16.5 Å². The van der Waals surface area contributed by atoms with E-state index >= 15 is 0 Å². The Kier molecular flexibility index (Phi) is 4.73. The van der Waals surface area contributed by atoms with Crippen LogP contribution >= 0.6 is 35.0 Å². The van der Waals surface area contributed by atoms with E-state index in [0.717, 1.165) is 12.1 Å². The van der Waals surface area contributed by atoms with Crippen LogP contribution in [-0.4, -0.2) is 11.7 Å². The number of carbonyl (C=O) groups excluding carboxylic acids is 1. The molecule has 2 aromatic rings. The van der Waals surface area contributed by atoms with Gasteiger partial charge < -0.3 is 0 Å². The quantitative estimate of drug-likeness (QED) is 0.645. The zero-order chi connectivity index (χ0) is 17.5.